The molecule has 1 aromatic carbocycles. The lowest BCUT2D eigenvalue weighted by molar-refractivity contribution is 0.199. The van der Waals surface area contributed by atoms with Gasteiger partial charge in [0.25, 0.3) is 0 Å². The molecule has 0 radical (unpaired) electrons. The van der Waals surface area contributed by atoms with Crippen molar-refractivity contribution in [3.63, 3.8) is 0 Å². The van der Waals surface area contributed by atoms with Crippen LogP contribution in [-0.4, -0.2) is 18.7 Å². The minimum absolute atomic E-state index is 0.280. The molecule has 2 aliphatic carbocycles. The van der Waals surface area contributed by atoms with Gasteiger partial charge < -0.3 is 10.0 Å². The Kier molecular flexibility index (Phi) is 3.72. The molecule has 0 aromatic heterocycles. The van der Waals surface area contributed by atoms with E-state index in [-0.39, 0.29) is 5.82 Å². The van der Waals surface area contributed by atoms with Gasteiger partial charge in [-0.25, -0.2) is 4.39 Å². The zero-order chi connectivity index (χ0) is 14.3. The summed E-state index contributed by atoms with van der Waals surface area (Å²) in [7, 11) is 2.06. The van der Waals surface area contributed by atoms with Gasteiger partial charge >= 0.3 is 0 Å². The Morgan fingerprint density at radius 2 is 2.15 bits per heavy atom. The summed E-state index contributed by atoms with van der Waals surface area (Å²) < 4.78 is 13.4. The van der Waals surface area contributed by atoms with E-state index in [9.17, 15) is 9.50 Å². The van der Waals surface area contributed by atoms with Gasteiger partial charge in [-0.15, -0.1) is 0 Å². The van der Waals surface area contributed by atoms with E-state index in [2.05, 4.69) is 11.9 Å². The van der Waals surface area contributed by atoms with Crippen molar-refractivity contribution >= 4 is 5.69 Å². The van der Waals surface area contributed by atoms with E-state index in [0.717, 1.165) is 30.0 Å². The van der Waals surface area contributed by atoms with Crippen molar-refractivity contribution in [2.24, 2.45) is 17.8 Å². The highest BCUT2D eigenvalue weighted by molar-refractivity contribution is 5.54. The van der Waals surface area contributed by atoms with E-state index in [0.29, 0.717) is 5.56 Å². The third kappa shape index (κ3) is 2.56. The lowest BCUT2D eigenvalue weighted by atomic mass is 9.88. The number of nitrogens with zero attached hydrogens (tertiary/aromatic N) is 1. The summed E-state index contributed by atoms with van der Waals surface area (Å²) in [5, 5.41) is 9.85. The van der Waals surface area contributed by atoms with E-state index < -0.39 is 6.10 Å². The van der Waals surface area contributed by atoms with Crippen LogP contribution in [0, 0.1) is 23.6 Å². The lowest BCUT2D eigenvalue weighted by Gasteiger charge is -2.30. The zero-order valence-corrected chi connectivity index (χ0v) is 12.3. The van der Waals surface area contributed by atoms with Crippen LogP contribution in [0.5, 0.6) is 0 Å². The topological polar surface area (TPSA) is 23.5 Å². The molecule has 20 heavy (non-hydrogen) atoms. The minimum atomic E-state index is -0.636. The number of halogens is 1. The first-order valence-electron chi connectivity index (χ1n) is 7.73. The first-order valence-corrected chi connectivity index (χ1v) is 7.73. The summed E-state index contributed by atoms with van der Waals surface area (Å²) in [5.41, 5.74) is 1.65. The predicted molar refractivity (Wildman–Crippen MR) is 79.2 cm³/mol. The third-order valence-corrected chi connectivity index (χ3v) is 5.24. The zero-order valence-electron chi connectivity index (χ0n) is 12.3. The number of rotatable bonds is 4. The van der Waals surface area contributed by atoms with Crippen LogP contribution < -0.4 is 4.90 Å². The van der Waals surface area contributed by atoms with Crippen molar-refractivity contribution < 1.29 is 9.50 Å². The molecule has 2 aliphatic rings. The Morgan fingerprint density at radius 3 is 2.75 bits per heavy atom. The third-order valence-electron chi connectivity index (χ3n) is 5.24. The summed E-state index contributed by atoms with van der Waals surface area (Å²) in [6, 6.07) is 4.74. The maximum Gasteiger partial charge on any atom is 0.123 e. The largest absolute Gasteiger partial charge is 0.389 e. The molecule has 2 bridgehead atoms. The number of anilines is 1. The van der Waals surface area contributed by atoms with Crippen molar-refractivity contribution in [1.29, 1.82) is 0 Å². The smallest absolute Gasteiger partial charge is 0.123 e. The molecule has 0 amide bonds. The molecule has 3 unspecified atom stereocenters. The van der Waals surface area contributed by atoms with Crippen LogP contribution in [0.4, 0.5) is 10.1 Å². The monoisotopic (exact) mass is 277 g/mol. The molecular formula is C17H24FNO. The van der Waals surface area contributed by atoms with E-state index in [1.807, 2.05) is 0 Å². The van der Waals surface area contributed by atoms with Gasteiger partial charge in [0, 0.05) is 24.8 Å². The number of aliphatic hydroxyl groups is 1. The highest BCUT2D eigenvalue weighted by atomic mass is 19.1. The summed E-state index contributed by atoms with van der Waals surface area (Å²) in [6.07, 6.45) is 4.92. The van der Waals surface area contributed by atoms with Crippen LogP contribution in [0.15, 0.2) is 18.2 Å². The molecular weight excluding hydrogens is 253 g/mol. The molecule has 110 valence electrons. The first kappa shape index (κ1) is 13.9. The fraction of sp³-hybridized carbons (Fsp3) is 0.647. The summed E-state index contributed by atoms with van der Waals surface area (Å²) in [6.45, 7) is 2.72. The Bertz CT molecular complexity index is 488. The fourth-order valence-electron chi connectivity index (χ4n) is 4.26. The second-order valence-electron chi connectivity index (χ2n) is 6.69. The fourth-order valence-corrected chi connectivity index (χ4v) is 4.26. The summed E-state index contributed by atoms with van der Waals surface area (Å²) >= 11 is 0. The van der Waals surface area contributed by atoms with E-state index in [1.54, 1.807) is 13.0 Å². The van der Waals surface area contributed by atoms with Gasteiger partial charge in [0.05, 0.1) is 6.10 Å². The average Bonchev–Trinajstić information content (AvgIpc) is 3.00. The number of aliphatic hydroxyl groups excluding tert-OH is 1. The van der Waals surface area contributed by atoms with Crippen LogP contribution in [0.1, 0.15) is 44.3 Å². The SMILES string of the molecule is C[C@H](O)c1cc(F)ccc1N(C)CC1CC2CCC1C2. The second kappa shape index (κ2) is 5.36. The number of hydrogen-bond donors (Lipinski definition) is 1. The Hall–Kier alpha value is -1.09. The van der Waals surface area contributed by atoms with Crippen molar-refractivity contribution in [3.05, 3.63) is 29.6 Å². The van der Waals surface area contributed by atoms with Crippen LogP contribution in [0.25, 0.3) is 0 Å². The molecule has 0 saturated heterocycles. The van der Waals surface area contributed by atoms with Gasteiger partial charge in [0.15, 0.2) is 0 Å². The Morgan fingerprint density at radius 1 is 1.35 bits per heavy atom. The predicted octanol–water partition coefficient (Wildman–Crippen LogP) is 3.75. The van der Waals surface area contributed by atoms with Crippen LogP contribution in [0.3, 0.4) is 0 Å². The van der Waals surface area contributed by atoms with E-state index >= 15 is 0 Å². The molecule has 2 nitrogen and oxygen atoms in total. The molecule has 4 atom stereocenters. The quantitative estimate of drug-likeness (QED) is 0.906. The van der Waals surface area contributed by atoms with Crippen molar-refractivity contribution in [2.45, 2.75) is 38.7 Å². The molecule has 2 fully saturated rings. The van der Waals surface area contributed by atoms with Gasteiger partial charge in [-0.05, 0) is 62.1 Å². The maximum absolute atomic E-state index is 13.4. The van der Waals surface area contributed by atoms with Crippen molar-refractivity contribution in [1.82, 2.24) is 0 Å². The molecule has 0 aliphatic heterocycles. The van der Waals surface area contributed by atoms with Crippen molar-refractivity contribution in [3.8, 4) is 0 Å². The first-order chi connectivity index (χ1) is 9.54. The van der Waals surface area contributed by atoms with Crippen LogP contribution in [0.2, 0.25) is 0 Å². The van der Waals surface area contributed by atoms with Crippen molar-refractivity contribution in [2.75, 3.05) is 18.5 Å². The van der Waals surface area contributed by atoms with Gasteiger partial charge in [-0.2, -0.15) is 0 Å². The molecule has 1 aromatic rings. The minimum Gasteiger partial charge on any atom is -0.389 e. The average molecular weight is 277 g/mol. The highest BCUT2D eigenvalue weighted by Gasteiger charge is 2.39. The van der Waals surface area contributed by atoms with Gasteiger partial charge in [-0.3, -0.25) is 0 Å². The number of fused-ring (bicyclic) bond motifs is 2. The highest BCUT2D eigenvalue weighted by Crippen LogP contribution is 2.48. The van der Waals surface area contributed by atoms with Crippen LogP contribution >= 0.6 is 0 Å². The van der Waals surface area contributed by atoms with Crippen LogP contribution in [-0.2, 0) is 0 Å². The summed E-state index contributed by atoms with van der Waals surface area (Å²) in [5.74, 6) is 2.32. The molecule has 3 heteroatoms. The Balaban J connectivity index is 1.75. The summed E-state index contributed by atoms with van der Waals surface area (Å²) in [4.78, 5) is 2.20. The second-order valence-corrected chi connectivity index (χ2v) is 6.69. The molecule has 2 saturated carbocycles. The molecule has 1 N–H and O–H groups in total. The molecule has 3 rings (SSSR count). The van der Waals surface area contributed by atoms with Gasteiger partial charge in [0.1, 0.15) is 5.82 Å². The number of hydrogen-bond acceptors (Lipinski definition) is 2. The molecule has 0 spiro atoms. The van der Waals surface area contributed by atoms with Gasteiger partial charge in [-0.1, -0.05) is 6.42 Å². The maximum atomic E-state index is 13.4. The standard InChI is InChI=1S/C17H24FNO/c1-11(20)16-9-15(18)5-6-17(16)19(2)10-14-8-12-3-4-13(14)7-12/h5-6,9,11-14,20H,3-4,7-8,10H2,1-2H3/t11-,12?,13?,14?/m0/s1. The van der Waals surface area contributed by atoms with E-state index in [1.165, 1.54) is 37.8 Å². The Labute approximate surface area is 120 Å². The normalized spacial score (nSPS) is 29.7. The molecule has 0 heterocycles. The van der Waals surface area contributed by atoms with Gasteiger partial charge in [0.2, 0.25) is 0 Å². The van der Waals surface area contributed by atoms with E-state index in [4.69, 9.17) is 0 Å². The lowest BCUT2D eigenvalue weighted by Crippen LogP contribution is -2.29. The number of benzene rings is 1.